The summed E-state index contributed by atoms with van der Waals surface area (Å²) in [5.74, 6) is -0.429. The van der Waals surface area contributed by atoms with Crippen LogP contribution in [0.15, 0.2) is 6.20 Å². The van der Waals surface area contributed by atoms with Crippen molar-refractivity contribution in [3.63, 3.8) is 0 Å². The van der Waals surface area contributed by atoms with E-state index >= 15 is 0 Å². The molecule has 0 amide bonds. The van der Waals surface area contributed by atoms with Crippen molar-refractivity contribution in [1.82, 2.24) is 9.97 Å². The third-order valence-electron chi connectivity index (χ3n) is 0.904. The summed E-state index contributed by atoms with van der Waals surface area (Å²) in [6, 6.07) is 0. The summed E-state index contributed by atoms with van der Waals surface area (Å²) in [5.41, 5.74) is 5.15. The van der Waals surface area contributed by atoms with Gasteiger partial charge < -0.3 is 15.8 Å². The molecule has 0 spiro atoms. The van der Waals surface area contributed by atoms with E-state index in [1.165, 1.54) is 0 Å². The van der Waals surface area contributed by atoms with Gasteiger partial charge in [-0.3, -0.25) is 0 Å². The van der Waals surface area contributed by atoms with Crippen LogP contribution in [-0.2, 0) is 0 Å². The Bertz CT molecular complexity index is 302. The molecule has 0 aliphatic carbocycles. The van der Waals surface area contributed by atoms with Crippen molar-refractivity contribution >= 4 is 23.2 Å². The monoisotopic (exact) mass is 174 g/mol. The minimum absolute atomic E-state index is 0.0561. The Morgan fingerprint density at radius 2 is 2.36 bits per heavy atom. The van der Waals surface area contributed by atoms with Crippen LogP contribution in [0.25, 0.3) is 0 Å². The quantitative estimate of drug-likeness (QED) is 0.497. The fraction of sp³-hybridized carbons (Fsp3) is 0. The van der Waals surface area contributed by atoms with E-state index in [4.69, 9.17) is 17.3 Å². The molecular formula is C4H3ClN4O2. The van der Waals surface area contributed by atoms with Crippen molar-refractivity contribution in [2.75, 3.05) is 5.73 Å². The van der Waals surface area contributed by atoms with Gasteiger partial charge >= 0.3 is 5.82 Å². The normalized spacial score (nSPS) is 9.55. The highest BCUT2D eigenvalue weighted by atomic mass is 35.5. The summed E-state index contributed by atoms with van der Waals surface area (Å²) in [6.45, 7) is 0. The summed E-state index contributed by atoms with van der Waals surface area (Å²) in [7, 11) is 0. The number of nitrogens with two attached hydrogens (primary N) is 1. The largest absolute Gasteiger partial charge is 0.401 e. The third-order valence-corrected chi connectivity index (χ3v) is 1.16. The second kappa shape index (κ2) is 2.67. The molecule has 58 valence electrons. The summed E-state index contributed by atoms with van der Waals surface area (Å²) in [6.07, 6.45) is 1.07. The number of aromatic nitrogens is 2. The number of halogens is 1. The van der Waals surface area contributed by atoms with E-state index in [1.807, 2.05) is 0 Å². The van der Waals surface area contributed by atoms with E-state index in [1.54, 1.807) is 0 Å². The Kier molecular flexibility index (Phi) is 1.86. The molecule has 1 rings (SSSR count). The van der Waals surface area contributed by atoms with Crippen LogP contribution in [0.3, 0.4) is 0 Å². The zero-order valence-electron chi connectivity index (χ0n) is 5.19. The summed E-state index contributed by atoms with van der Waals surface area (Å²) in [5, 5.41) is 9.81. The first-order valence-corrected chi connectivity index (χ1v) is 2.91. The molecule has 0 atom stereocenters. The lowest BCUT2D eigenvalue weighted by atomic mass is 10.6. The first-order valence-electron chi connectivity index (χ1n) is 2.53. The standard InChI is InChI=1S/C4H3ClN4O2/c5-3-4(9(10)11)7-1-2(6)8-3/h1H,(H2,6,8). The van der Waals surface area contributed by atoms with Crippen LogP contribution in [0.2, 0.25) is 5.15 Å². The molecule has 11 heavy (non-hydrogen) atoms. The van der Waals surface area contributed by atoms with Crippen molar-refractivity contribution < 1.29 is 4.92 Å². The third kappa shape index (κ3) is 1.53. The van der Waals surface area contributed by atoms with Gasteiger partial charge in [0.15, 0.2) is 12.0 Å². The van der Waals surface area contributed by atoms with Crippen LogP contribution in [0.4, 0.5) is 11.6 Å². The number of anilines is 1. The topological polar surface area (TPSA) is 94.9 Å². The van der Waals surface area contributed by atoms with Crippen molar-refractivity contribution in [2.24, 2.45) is 0 Å². The second-order valence-electron chi connectivity index (χ2n) is 1.67. The zero-order valence-corrected chi connectivity index (χ0v) is 5.95. The van der Waals surface area contributed by atoms with Crippen molar-refractivity contribution in [2.45, 2.75) is 0 Å². The molecule has 1 aromatic heterocycles. The summed E-state index contributed by atoms with van der Waals surface area (Å²) < 4.78 is 0. The Morgan fingerprint density at radius 1 is 1.73 bits per heavy atom. The summed E-state index contributed by atoms with van der Waals surface area (Å²) in [4.78, 5) is 16.2. The van der Waals surface area contributed by atoms with E-state index in [9.17, 15) is 10.1 Å². The number of rotatable bonds is 1. The van der Waals surface area contributed by atoms with Gasteiger partial charge in [0.05, 0.1) is 0 Å². The van der Waals surface area contributed by atoms with E-state index in [2.05, 4.69) is 9.97 Å². The van der Waals surface area contributed by atoms with Crippen LogP contribution in [-0.4, -0.2) is 14.9 Å². The number of hydrogen-bond donors (Lipinski definition) is 1. The molecule has 1 heterocycles. The molecule has 6 nitrogen and oxygen atoms in total. The fourth-order valence-corrected chi connectivity index (χ4v) is 0.711. The van der Waals surface area contributed by atoms with Gasteiger partial charge in [0.25, 0.3) is 0 Å². The van der Waals surface area contributed by atoms with Gasteiger partial charge in [-0.05, 0) is 9.91 Å². The van der Waals surface area contributed by atoms with Crippen molar-refractivity contribution in [1.29, 1.82) is 0 Å². The van der Waals surface area contributed by atoms with Crippen LogP contribution >= 0.6 is 11.6 Å². The SMILES string of the molecule is Nc1cnc([N+](=O)[O-])c(Cl)n1. The highest BCUT2D eigenvalue weighted by Crippen LogP contribution is 2.18. The molecule has 0 saturated heterocycles. The number of nitrogen functional groups attached to an aromatic ring is 1. The van der Waals surface area contributed by atoms with Gasteiger partial charge in [0, 0.05) is 0 Å². The van der Waals surface area contributed by atoms with Crippen LogP contribution < -0.4 is 5.73 Å². The lowest BCUT2D eigenvalue weighted by molar-refractivity contribution is -0.389. The molecule has 0 radical (unpaired) electrons. The molecule has 0 aromatic carbocycles. The lowest BCUT2D eigenvalue weighted by Gasteiger charge is -1.93. The Morgan fingerprint density at radius 3 is 2.82 bits per heavy atom. The van der Waals surface area contributed by atoms with Crippen LogP contribution in [0, 0.1) is 10.1 Å². The molecule has 1 aromatic rings. The molecule has 0 bridgehead atoms. The van der Waals surface area contributed by atoms with E-state index in [0.717, 1.165) is 6.20 Å². The van der Waals surface area contributed by atoms with E-state index in [-0.39, 0.29) is 11.0 Å². The minimum Gasteiger partial charge on any atom is -0.381 e. The first-order chi connectivity index (χ1) is 5.11. The highest BCUT2D eigenvalue weighted by molar-refractivity contribution is 6.31. The van der Waals surface area contributed by atoms with Crippen molar-refractivity contribution in [3.05, 3.63) is 21.5 Å². The molecule has 0 unspecified atom stereocenters. The number of nitrogens with zero attached hydrogens (tertiary/aromatic N) is 3. The van der Waals surface area contributed by atoms with Crippen LogP contribution in [0.1, 0.15) is 0 Å². The fourth-order valence-electron chi connectivity index (χ4n) is 0.495. The predicted molar refractivity (Wildman–Crippen MR) is 38.1 cm³/mol. The summed E-state index contributed by atoms with van der Waals surface area (Å²) >= 11 is 5.33. The molecule has 0 saturated carbocycles. The zero-order chi connectivity index (χ0) is 8.43. The molecule has 0 fully saturated rings. The maximum absolute atomic E-state index is 10.1. The Balaban J connectivity index is 3.20. The maximum atomic E-state index is 10.1. The molecule has 0 aliphatic heterocycles. The lowest BCUT2D eigenvalue weighted by Crippen LogP contribution is -1.98. The van der Waals surface area contributed by atoms with Gasteiger partial charge in [0.1, 0.15) is 0 Å². The molecule has 2 N–H and O–H groups in total. The van der Waals surface area contributed by atoms with Gasteiger partial charge in [-0.2, -0.15) is 0 Å². The maximum Gasteiger partial charge on any atom is 0.401 e. The number of nitro groups is 1. The predicted octanol–water partition coefficient (Wildman–Crippen LogP) is 0.620. The van der Waals surface area contributed by atoms with E-state index < -0.39 is 10.7 Å². The van der Waals surface area contributed by atoms with Gasteiger partial charge in [0.2, 0.25) is 5.15 Å². The molecule has 0 aliphatic rings. The van der Waals surface area contributed by atoms with E-state index in [0.29, 0.717) is 0 Å². The van der Waals surface area contributed by atoms with Gasteiger partial charge in [-0.1, -0.05) is 11.6 Å². The smallest absolute Gasteiger partial charge is 0.381 e. The van der Waals surface area contributed by atoms with Gasteiger partial charge in [-0.25, -0.2) is 4.98 Å². The molecule has 7 heteroatoms. The minimum atomic E-state index is -0.727. The van der Waals surface area contributed by atoms with Gasteiger partial charge in [-0.15, -0.1) is 0 Å². The van der Waals surface area contributed by atoms with Crippen molar-refractivity contribution in [3.8, 4) is 0 Å². The highest BCUT2D eigenvalue weighted by Gasteiger charge is 2.14. The Hall–Kier alpha value is -1.43. The Labute approximate surface area is 66.2 Å². The number of hydrogen-bond acceptors (Lipinski definition) is 5. The first kappa shape index (κ1) is 7.67. The van der Waals surface area contributed by atoms with Crippen LogP contribution in [0.5, 0.6) is 0 Å². The molecular weight excluding hydrogens is 172 g/mol. The second-order valence-corrected chi connectivity index (χ2v) is 2.02. The average molecular weight is 175 g/mol. The average Bonchev–Trinajstić information content (AvgIpc) is 1.85.